The summed E-state index contributed by atoms with van der Waals surface area (Å²) in [6.45, 7) is 3.32. The van der Waals surface area contributed by atoms with Gasteiger partial charge in [0.05, 0.1) is 6.54 Å². The van der Waals surface area contributed by atoms with E-state index in [4.69, 9.17) is 11.1 Å². The topological polar surface area (TPSA) is 157 Å². The van der Waals surface area contributed by atoms with Crippen LogP contribution in [0.2, 0.25) is 0 Å². The third kappa shape index (κ3) is 4.11. The molecule has 1 fully saturated rings. The lowest BCUT2D eigenvalue weighted by atomic mass is 10.1. The lowest BCUT2D eigenvalue weighted by Crippen LogP contribution is -2.67. The second-order valence-electron chi connectivity index (χ2n) is 6.29. The van der Waals surface area contributed by atoms with Crippen molar-refractivity contribution in [3.63, 3.8) is 0 Å². The van der Waals surface area contributed by atoms with E-state index in [-0.39, 0.29) is 30.9 Å². The Morgan fingerprint density at radius 1 is 1.21 bits per heavy atom. The lowest BCUT2D eigenvalue weighted by Gasteiger charge is -2.42. The molecule has 1 saturated heterocycles. The SMILES string of the molecule is CCC(C(=O)O)N1CC(NC(=O)c2ccc(C(=N)N)cc2)N(CC)C(=O)C1=O. The number of amidine groups is 1. The molecule has 10 heteroatoms. The normalized spacial score (nSPS) is 18.0. The van der Waals surface area contributed by atoms with Crippen LogP contribution in [0.3, 0.4) is 0 Å². The van der Waals surface area contributed by atoms with Crippen molar-refractivity contribution in [2.24, 2.45) is 5.73 Å². The molecule has 1 aliphatic rings. The van der Waals surface area contributed by atoms with Crippen molar-refractivity contribution < 1.29 is 24.3 Å². The molecule has 28 heavy (non-hydrogen) atoms. The van der Waals surface area contributed by atoms with Crippen LogP contribution in [-0.2, 0) is 14.4 Å². The number of carbonyl (C=O) groups is 4. The minimum Gasteiger partial charge on any atom is -0.480 e. The highest BCUT2D eigenvalue weighted by molar-refractivity contribution is 6.36. The standard InChI is InChI=1S/C18H23N5O5/c1-3-12(18(27)28)23-9-13(22(4-2)16(25)17(23)26)21-15(24)11-7-5-10(6-8-11)14(19)20/h5-8,12-13H,3-4,9H2,1-2H3,(H3,19,20)(H,21,24)(H,27,28). The summed E-state index contributed by atoms with van der Waals surface area (Å²) in [6, 6.07) is 4.87. The van der Waals surface area contributed by atoms with Gasteiger partial charge in [-0.1, -0.05) is 19.1 Å². The maximum atomic E-state index is 12.6. The first-order valence-corrected chi connectivity index (χ1v) is 8.80. The molecule has 1 heterocycles. The van der Waals surface area contributed by atoms with E-state index in [9.17, 15) is 24.3 Å². The molecule has 1 aromatic carbocycles. The molecule has 5 N–H and O–H groups in total. The number of hydrogen-bond donors (Lipinski definition) is 4. The van der Waals surface area contributed by atoms with Gasteiger partial charge in [0.2, 0.25) is 0 Å². The van der Waals surface area contributed by atoms with E-state index < -0.39 is 35.9 Å². The smallest absolute Gasteiger partial charge is 0.326 e. The third-order valence-corrected chi connectivity index (χ3v) is 4.60. The summed E-state index contributed by atoms with van der Waals surface area (Å²) in [5.41, 5.74) is 6.13. The Morgan fingerprint density at radius 3 is 2.25 bits per heavy atom. The zero-order chi connectivity index (χ0) is 21.0. The zero-order valence-corrected chi connectivity index (χ0v) is 15.6. The minimum atomic E-state index is -1.21. The summed E-state index contributed by atoms with van der Waals surface area (Å²) in [5.74, 6) is -3.59. The first kappa shape index (κ1) is 20.9. The van der Waals surface area contributed by atoms with Crippen molar-refractivity contribution in [3.05, 3.63) is 35.4 Å². The fourth-order valence-electron chi connectivity index (χ4n) is 3.08. The van der Waals surface area contributed by atoms with Crippen LogP contribution in [-0.4, -0.2) is 69.7 Å². The third-order valence-electron chi connectivity index (χ3n) is 4.60. The summed E-state index contributed by atoms with van der Waals surface area (Å²) >= 11 is 0. The Bertz CT molecular complexity index is 807. The number of nitrogens with two attached hydrogens (primary N) is 1. The summed E-state index contributed by atoms with van der Waals surface area (Å²) in [6.07, 6.45) is -0.725. The number of benzene rings is 1. The van der Waals surface area contributed by atoms with Gasteiger partial charge < -0.3 is 26.0 Å². The van der Waals surface area contributed by atoms with E-state index in [0.717, 1.165) is 4.90 Å². The summed E-state index contributed by atoms with van der Waals surface area (Å²) < 4.78 is 0. The summed E-state index contributed by atoms with van der Waals surface area (Å²) in [5, 5.41) is 19.4. The molecule has 0 aliphatic carbocycles. The Balaban J connectivity index is 2.24. The Labute approximate surface area is 161 Å². The quantitative estimate of drug-likeness (QED) is 0.282. The number of aliphatic carboxylic acids is 1. The van der Waals surface area contributed by atoms with E-state index in [1.807, 2.05) is 0 Å². The van der Waals surface area contributed by atoms with Gasteiger partial charge in [-0.25, -0.2) is 4.79 Å². The largest absolute Gasteiger partial charge is 0.480 e. The number of carbonyl (C=O) groups excluding carboxylic acids is 3. The fourth-order valence-corrected chi connectivity index (χ4v) is 3.08. The predicted octanol–water partition coefficient (Wildman–Crippen LogP) is -0.420. The number of nitrogens with zero attached hydrogens (tertiary/aromatic N) is 2. The van der Waals surface area contributed by atoms with Crippen LogP contribution in [0.15, 0.2) is 24.3 Å². The van der Waals surface area contributed by atoms with Gasteiger partial charge in [-0.05, 0) is 25.5 Å². The number of nitrogens with one attached hydrogen (secondary N) is 2. The second kappa shape index (κ2) is 8.51. The van der Waals surface area contributed by atoms with Crippen LogP contribution in [0.4, 0.5) is 0 Å². The highest BCUT2D eigenvalue weighted by Crippen LogP contribution is 2.16. The highest BCUT2D eigenvalue weighted by Gasteiger charge is 2.43. The van der Waals surface area contributed by atoms with Crippen molar-refractivity contribution >= 4 is 29.5 Å². The lowest BCUT2D eigenvalue weighted by molar-refractivity contribution is -0.165. The number of hydrogen-bond acceptors (Lipinski definition) is 5. The molecule has 0 aromatic heterocycles. The van der Waals surface area contributed by atoms with Crippen molar-refractivity contribution in [1.82, 2.24) is 15.1 Å². The molecule has 0 radical (unpaired) electrons. The first-order chi connectivity index (χ1) is 13.2. The minimum absolute atomic E-state index is 0.125. The van der Waals surface area contributed by atoms with Gasteiger partial charge >= 0.3 is 17.8 Å². The van der Waals surface area contributed by atoms with Gasteiger partial charge in [0.15, 0.2) is 0 Å². The number of piperazine rings is 1. The Hall–Kier alpha value is -3.43. The van der Waals surface area contributed by atoms with Crippen LogP contribution in [0.5, 0.6) is 0 Å². The average Bonchev–Trinajstić information content (AvgIpc) is 2.66. The van der Waals surface area contributed by atoms with E-state index in [2.05, 4.69) is 5.32 Å². The van der Waals surface area contributed by atoms with Crippen molar-refractivity contribution in [1.29, 1.82) is 5.41 Å². The van der Waals surface area contributed by atoms with Gasteiger partial charge in [-0.2, -0.15) is 0 Å². The van der Waals surface area contributed by atoms with Gasteiger partial charge in [0.1, 0.15) is 18.0 Å². The van der Waals surface area contributed by atoms with E-state index in [0.29, 0.717) is 5.56 Å². The molecule has 2 rings (SSSR count). The van der Waals surface area contributed by atoms with E-state index in [1.165, 1.54) is 29.2 Å². The molecular weight excluding hydrogens is 366 g/mol. The number of carboxylic acid groups (broad SMARTS) is 1. The van der Waals surface area contributed by atoms with Crippen LogP contribution in [0.1, 0.15) is 36.2 Å². The maximum absolute atomic E-state index is 12.6. The maximum Gasteiger partial charge on any atom is 0.326 e. The summed E-state index contributed by atoms with van der Waals surface area (Å²) in [4.78, 5) is 50.9. The van der Waals surface area contributed by atoms with E-state index in [1.54, 1.807) is 13.8 Å². The number of carboxylic acids is 1. The molecule has 0 spiro atoms. The highest BCUT2D eigenvalue weighted by atomic mass is 16.4. The predicted molar refractivity (Wildman–Crippen MR) is 99.5 cm³/mol. The molecular formula is C18H23N5O5. The molecule has 3 amide bonds. The van der Waals surface area contributed by atoms with Crippen molar-refractivity contribution in [2.75, 3.05) is 13.1 Å². The van der Waals surface area contributed by atoms with Gasteiger partial charge in [0, 0.05) is 17.7 Å². The number of likely N-dealkylation sites (N-methyl/N-ethyl adjacent to an activating group) is 1. The number of amides is 3. The molecule has 0 saturated carbocycles. The molecule has 1 aliphatic heterocycles. The Morgan fingerprint density at radius 2 is 1.79 bits per heavy atom. The first-order valence-electron chi connectivity index (χ1n) is 8.80. The molecule has 1 aromatic rings. The van der Waals surface area contributed by atoms with Crippen molar-refractivity contribution in [2.45, 2.75) is 32.5 Å². The molecule has 150 valence electrons. The van der Waals surface area contributed by atoms with E-state index >= 15 is 0 Å². The fraction of sp³-hybridized carbons (Fsp3) is 0.389. The van der Waals surface area contributed by atoms with Crippen LogP contribution >= 0.6 is 0 Å². The molecule has 0 bridgehead atoms. The van der Waals surface area contributed by atoms with Crippen molar-refractivity contribution in [3.8, 4) is 0 Å². The second-order valence-corrected chi connectivity index (χ2v) is 6.29. The number of rotatable bonds is 7. The van der Waals surface area contributed by atoms with Gasteiger partial charge in [0.25, 0.3) is 5.91 Å². The monoisotopic (exact) mass is 389 g/mol. The molecule has 10 nitrogen and oxygen atoms in total. The molecule has 2 unspecified atom stereocenters. The van der Waals surface area contributed by atoms with Crippen LogP contribution in [0.25, 0.3) is 0 Å². The number of nitrogen functional groups attached to an aromatic ring is 1. The zero-order valence-electron chi connectivity index (χ0n) is 15.6. The van der Waals surface area contributed by atoms with Crippen LogP contribution in [0, 0.1) is 5.41 Å². The van der Waals surface area contributed by atoms with Gasteiger partial charge in [-0.3, -0.25) is 19.8 Å². The molecule has 2 atom stereocenters. The van der Waals surface area contributed by atoms with Crippen LogP contribution < -0.4 is 11.1 Å². The Kier molecular flexibility index (Phi) is 6.34. The van der Waals surface area contributed by atoms with Gasteiger partial charge in [-0.15, -0.1) is 0 Å². The average molecular weight is 389 g/mol. The summed E-state index contributed by atoms with van der Waals surface area (Å²) in [7, 11) is 0.